The first-order valence-electron chi connectivity index (χ1n) is 5.81. The van der Waals surface area contributed by atoms with Crippen LogP contribution in [0.25, 0.3) is 11.0 Å². The van der Waals surface area contributed by atoms with Crippen molar-refractivity contribution < 1.29 is 0 Å². The smallest absolute Gasteiger partial charge is 0.314 e. The lowest BCUT2D eigenvalue weighted by atomic mass is 10.1. The summed E-state index contributed by atoms with van der Waals surface area (Å²) >= 11 is 12.3. The highest BCUT2D eigenvalue weighted by atomic mass is 79.9. The van der Waals surface area contributed by atoms with Crippen LogP contribution < -0.4 is 11.1 Å². The Bertz CT molecular complexity index is 944. The number of aromatic amines is 2. The fraction of sp³-hybridized carbons (Fsp3) is 0.0769. The summed E-state index contributed by atoms with van der Waals surface area (Å²) in [5, 5.41) is 0. The lowest BCUT2D eigenvalue weighted by Crippen LogP contribution is -2.28. The molecule has 2 N–H and O–H groups in total. The van der Waals surface area contributed by atoms with Crippen LogP contribution in [0.4, 0.5) is 0 Å². The van der Waals surface area contributed by atoms with Gasteiger partial charge in [-0.15, -0.1) is 11.3 Å². The molecule has 1 atom stereocenters. The molecule has 3 rings (SSSR count). The first-order chi connectivity index (χ1) is 9.95. The van der Waals surface area contributed by atoms with Crippen molar-refractivity contribution in [1.29, 1.82) is 0 Å². The van der Waals surface area contributed by atoms with Gasteiger partial charge in [-0.3, -0.25) is 9.59 Å². The predicted molar refractivity (Wildman–Crippen MR) is 95.7 cm³/mol. The number of alkyl halides is 1. The Morgan fingerprint density at radius 2 is 1.67 bits per heavy atom. The minimum absolute atomic E-state index is 0.0192. The summed E-state index contributed by atoms with van der Waals surface area (Å²) in [7, 11) is 0. The molecule has 0 fully saturated rings. The van der Waals surface area contributed by atoms with E-state index in [1.165, 1.54) is 0 Å². The number of hydrogen-bond acceptors (Lipinski definition) is 3. The van der Waals surface area contributed by atoms with Crippen molar-refractivity contribution in [2.75, 3.05) is 0 Å². The van der Waals surface area contributed by atoms with Gasteiger partial charge < -0.3 is 9.97 Å². The third-order valence-corrected chi connectivity index (χ3v) is 6.40. The molecule has 1 aromatic carbocycles. The van der Waals surface area contributed by atoms with Gasteiger partial charge in [-0.2, -0.15) is 0 Å². The van der Waals surface area contributed by atoms with Crippen LogP contribution in [-0.4, -0.2) is 9.97 Å². The fourth-order valence-corrected chi connectivity index (χ4v) is 6.00. The maximum atomic E-state index is 11.4. The maximum Gasteiger partial charge on any atom is 0.314 e. The Morgan fingerprint density at radius 1 is 1.00 bits per heavy atom. The van der Waals surface area contributed by atoms with Crippen molar-refractivity contribution in [3.8, 4) is 0 Å². The molecule has 4 nitrogen and oxygen atoms in total. The van der Waals surface area contributed by atoms with E-state index in [9.17, 15) is 9.59 Å². The van der Waals surface area contributed by atoms with Gasteiger partial charge in [0.05, 0.1) is 23.4 Å². The van der Waals surface area contributed by atoms with E-state index < -0.39 is 11.1 Å². The molecule has 0 saturated heterocycles. The van der Waals surface area contributed by atoms with E-state index in [-0.39, 0.29) is 4.83 Å². The van der Waals surface area contributed by atoms with Crippen molar-refractivity contribution in [3.63, 3.8) is 0 Å². The van der Waals surface area contributed by atoms with Gasteiger partial charge in [-0.25, -0.2) is 0 Å². The van der Waals surface area contributed by atoms with E-state index in [4.69, 9.17) is 0 Å². The number of benzene rings is 1. The Balaban J connectivity index is 2.12. The molecule has 0 aliphatic heterocycles. The van der Waals surface area contributed by atoms with Crippen LogP contribution in [0.2, 0.25) is 0 Å². The molecule has 0 aliphatic rings. The normalized spacial score (nSPS) is 12.7. The van der Waals surface area contributed by atoms with Crippen LogP contribution in [0.5, 0.6) is 0 Å². The van der Waals surface area contributed by atoms with E-state index in [0.717, 1.165) is 18.7 Å². The molecule has 1 unspecified atom stereocenters. The second kappa shape index (κ2) is 5.83. The van der Waals surface area contributed by atoms with Crippen LogP contribution >= 0.6 is 59.1 Å². The summed E-state index contributed by atoms with van der Waals surface area (Å²) in [5.74, 6) is 0. The van der Waals surface area contributed by atoms with E-state index in [1.54, 1.807) is 17.4 Å². The molecule has 0 aliphatic carbocycles. The molecular weight excluding hydrogens is 488 g/mol. The highest BCUT2D eigenvalue weighted by Gasteiger charge is 2.17. The summed E-state index contributed by atoms with van der Waals surface area (Å²) in [6.45, 7) is 0. The number of aromatic nitrogens is 2. The highest BCUT2D eigenvalue weighted by Crippen LogP contribution is 2.42. The number of nitrogens with one attached hydrogen (secondary N) is 2. The van der Waals surface area contributed by atoms with Crippen LogP contribution in [-0.2, 0) is 0 Å². The zero-order valence-corrected chi connectivity index (χ0v) is 15.8. The second-order valence-electron chi connectivity index (χ2n) is 4.36. The molecule has 2 heterocycles. The molecule has 3 aromatic rings. The van der Waals surface area contributed by atoms with E-state index in [0.29, 0.717) is 11.0 Å². The van der Waals surface area contributed by atoms with Crippen LogP contribution in [0.1, 0.15) is 16.0 Å². The summed E-state index contributed by atoms with van der Waals surface area (Å²) in [4.78, 5) is 27.8. The molecule has 0 radical (unpaired) electrons. The summed E-state index contributed by atoms with van der Waals surface area (Å²) in [5.41, 5.74) is 2.00. The first kappa shape index (κ1) is 15.2. The fourth-order valence-electron chi connectivity index (χ4n) is 2.00. The number of rotatable bonds is 2. The maximum absolute atomic E-state index is 11.4. The van der Waals surface area contributed by atoms with Crippen LogP contribution in [0, 0.1) is 0 Å². The van der Waals surface area contributed by atoms with Gasteiger partial charge in [0, 0.05) is 0 Å². The van der Waals surface area contributed by atoms with Gasteiger partial charge in [0.2, 0.25) is 0 Å². The van der Waals surface area contributed by atoms with Gasteiger partial charge in [0.25, 0.3) is 0 Å². The van der Waals surface area contributed by atoms with Crippen molar-refractivity contribution in [2.24, 2.45) is 0 Å². The van der Waals surface area contributed by atoms with E-state index in [2.05, 4.69) is 57.8 Å². The molecule has 0 bridgehead atoms. The zero-order valence-electron chi connectivity index (χ0n) is 10.2. The third kappa shape index (κ3) is 2.94. The Morgan fingerprint density at radius 3 is 2.29 bits per heavy atom. The monoisotopic (exact) mass is 492 g/mol. The van der Waals surface area contributed by atoms with Gasteiger partial charge in [0.1, 0.15) is 0 Å². The summed E-state index contributed by atoms with van der Waals surface area (Å²) in [6.07, 6.45) is 0. The topological polar surface area (TPSA) is 65.7 Å². The van der Waals surface area contributed by atoms with Gasteiger partial charge >= 0.3 is 11.1 Å². The highest BCUT2D eigenvalue weighted by molar-refractivity contribution is 9.12. The molecular formula is C13H7Br3N2O2S. The average molecular weight is 495 g/mol. The SMILES string of the molecule is O=c1[nH]c2ccc(C(Br)c3cc(Br)sc3Br)cc2[nH]c1=O. The van der Waals surface area contributed by atoms with Gasteiger partial charge in [0.15, 0.2) is 0 Å². The standard InChI is InChI=1S/C13H7Br3N2O2S/c14-9-4-6(11(16)21-9)10(15)5-1-2-7-8(3-5)18-13(20)12(19)17-7/h1-4,10H,(H,17,19)(H,18,20). The lowest BCUT2D eigenvalue weighted by molar-refractivity contribution is 1.13. The number of thiophene rings is 1. The Labute approximate surface area is 148 Å². The number of halogens is 3. The number of H-pyrrole nitrogens is 2. The van der Waals surface area contributed by atoms with E-state index in [1.807, 2.05) is 18.2 Å². The van der Waals surface area contributed by atoms with Crippen molar-refractivity contribution in [1.82, 2.24) is 9.97 Å². The van der Waals surface area contributed by atoms with Crippen LogP contribution in [0.3, 0.4) is 0 Å². The quantitative estimate of drug-likeness (QED) is 0.412. The predicted octanol–water partition coefficient (Wildman–Crippen LogP) is 4.29. The average Bonchev–Trinajstić information content (AvgIpc) is 2.78. The minimum Gasteiger partial charge on any atom is -0.316 e. The Kier molecular flexibility index (Phi) is 4.22. The molecule has 0 saturated carbocycles. The third-order valence-electron chi connectivity index (χ3n) is 3.00. The molecule has 0 spiro atoms. The molecule has 8 heteroatoms. The molecule has 2 aromatic heterocycles. The Hall–Kier alpha value is -0.700. The van der Waals surface area contributed by atoms with Crippen LogP contribution in [0.15, 0.2) is 41.4 Å². The lowest BCUT2D eigenvalue weighted by Gasteiger charge is -2.10. The van der Waals surface area contributed by atoms with Crippen molar-refractivity contribution >= 4 is 70.2 Å². The summed E-state index contributed by atoms with van der Waals surface area (Å²) < 4.78 is 2.07. The number of fused-ring (bicyclic) bond motifs is 1. The summed E-state index contributed by atoms with van der Waals surface area (Å²) in [6, 6.07) is 7.58. The van der Waals surface area contributed by atoms with E-state index >= 15 is 0 Å². The van der Waals surface area contributed by atoms with Gasteiger partial charge in [-0.05, 0) is 61.2 Å². The molecule has 0 amide bonds. The molecule has 108 valence electrons. The largest absolute Gasteiger partial charge is 0.316 e. The zero-order chi connectivity index (χ0) is 15.1. The number of hydrogen-bond donors (Lipinski definition) is 2. The minimum atomic E-state index is -0.648. The van der Waals surface area contributed by atoms with Gasteiger partial charge in [-0.1, -0.05) is 22.0 Å². The second-order valence-corrected chi connectivity index (χ2v) is 9.02. The molecule has 21 heavy (non-hydrogen) atoms. The van der Waals surface area contributed by atoms with Crippen molar-refractivity contribution in [2.45, 2.75) is 4.83 Å². The van der Waals surface area contributed by atoms with Crippen molar-refractivity contribution in [3.05, 3.63) is 63.7 Å². The first-order valence-corrected chi connectivity index (χ1v) is 9.12.